The summed E-state index contributed by atoms with van der Waals surface area (Å²) >= 11 is 0. The van der Waals surface area contributed by atoms with E-state index in [9.17, 15) is 4.39 Å². The van der Waals surface area contributed by atoms with E-state index in [0.29, 0.717) is 5.56 Å². The van der Waals surface area contributed by atoms with E-state index in [2.05, 4.69) is 11.9 Å². The van der Waals surface area contributed by atoms with E-state index in [4.69, 9.17) is 10.5 Å². The van der Waals surface area contributed by atoms with Gasteiger partial charge in [0.25, 0.3) is 0 Å². The summed E-state index contributed by atoms with van der Waals surface area (Å²) in [6, 6.07) is 3.05. The molecule has 2 rings (SSSR count). The molecule has 1 heterocycles. The summed E-state index contributed by atoms with van der Waals surface area (Å²) in [4.78, 5) is 2.29. The van der Waals surface area contributed by atoms with E-state index < -0.39 is 0 Å². The zero-order valence-electron chi connectivity index (χ0n) is 11.9. The maximum Gasteiger partial charge on any atom is 0.126 e. The number of hydrogen-bond donors (Lipinski definition) is 1. The van der Waals surface area contributed by atoms with Gasteiger partial charge in [-0.25, -0.2) is 4.39 Å². The van der Waals surface area contributed by atoms with Crippen LogP contribution in [0.3, 0.4) is 0 Å². The average Bonchev–Trinajstić information content (AvgIpc) is 2.36. The number of nitrogens with two attached hydrogens (primary N) is 1. The number of ether oxygens (including phenoxy) is 1. The summed E-state index contributed by atoms with van der Waals surface area (Å²) in [5.74, 6) is 0.520. The molecule has 1 atom stereocenters. The van der Waals surface area contributed by atoms with E-state index in [1.165, 1.54) is 6.07 Å². The highest BCUT2D eigenvalue weighted by Crippen LogP contribution is 2.29. The highest BCUT2D eigenvalue weighted by Gasteiger charge is 2.20. The molecule has 0 saturated carbocycles. The summed E-state index contributed by atoms with van der Waals surface area (Å²) < 4.78 is 19.7. The fourth-order valence-electron chi connectivity index (χ4n) is 2.41. The molecule has 3 nitrogen and oxygen atoms in total. The second kappa shape index (κ2) is 5.88. The number of benzene rings is 1. The average molecular weight is 266 g/mol. The van der Waals surface area contributed by atoms with Gasteiger partial charge in [0.2, 0.25) is 0 Å². The minimum Gasteiger partial charge on any atom is -0.490 e. The smallest absolute Gasteiger partial charge is 0.126 e. The molecule has 1 aromatic carbocycles. The summed E-state index contributed by atoms with van der Waals surface area (Å²) in [7, 11) is 2.12. The fraction of sp³-hybridized carbons (Fsp3) is 0.600. The lowest BCUT2D eigenvalue weighted by molar-refractivity contribution is 0.113. The summed E-state index contributed by atoms with van der Waals surface area (Å²) in [6.45, 7) is 5.68. The van der Waals surface area contributed by atoms with Gasteiger partial charge in [0.05, 0.1) is 0 Å². The Morgan fingerprint density at radius 2 is 2.00 bits per heavy atom. The van der Waals surface area contributed by atoms with Crippen LogP contribution in [0.4, 0.5) is 4.39 Å². The molecule has 0 aromatic heterocycles. The Hall–Kier alpha value is -1.13. The largest absolute Gasteiger partial charge is 0.490 e. The lowest BCUT2D eigenvalue weighted by Gasteiger charge is -2.30. The van der Waals surface area contributed by atoms with Gasteiger partial charge in [0, 0.05) is 24.7 Å². The molecular weight excluding hydrogens is 243 g/mol. The lowest BCUT2D eigenvalue weighted by Crippen LogP contribution is -2.35. The van der Waals surface area contributed by atoms with Crippen molar-refractivity contribution >= 4 is 0 Å². The van der Waals surface area contributed by atoms with Gasteiger partial charge in [0.15, 0.2) is 0 Å². The minimum absolute atomic E-state index is 0.207. The number of rotatable bonds is 3. The predicted molar refractivity (Wildman–Crippen MR) is 74.9 cm³/mol. The van der Waals surface area contributed by atoms with Crippen LogP contribution in [0.25, 0.3) is 0 Å². The van der Waals surface area contributed by atoms with Crippen LogP contribution in [-0.4, -0.2) is 31.1 Å². The van der Waals surface area contributed by atoms with Crippen molar-refractivity contribution in [3.05, 3.63) is 29.1 Å². The first-order valence-electron chi connectivity index (χ1n) is 6.88. The van der Waals surface area contributed by atoms with Crippen LogP contribution < -0.4 is 10.5 Å². The van der Waals surface area contributed by atoms with Crippen LogP contribution in [-0.2, 0) is 0 Å². The van der Waals surface area contributed by atoms with Crippen molar-refractivity contribution in [2.75, 3.05) is 20.1 Å². The molecule has 2 N–H and O–H groups in total. The highest BCUT2D eigenvalue weighted by atomic mass is 19.1. The molecule has 0 unspecified atom stereocenters. The van der Waals surface area contributed by atoms with Crippen LogP contribution in [0.5, 0.6) is 5.75 Å². The van der Waals surface area contributed by atoms with Crippen molar-refractivity contribution in [3.8, 4) is 5.75 Å². The van der Waals surface area contributed by atoms with Crippen molar-refractivity contribution in [2.24, 2.45) is 5.73 Å². The molecule has 1 aliphatic heterocycles. The van der Waals surface area contributed by atoms with Gasteiger partial charge < -0.3 is 15.4 Å². The third-order valence-corrected chi connectivity index (χ3v) is 3.74. The molecule has 106 valence electrons. The summed E-state index contributed by atoms with van der Waals surface area (Å²) in [5, 5.41) is 0. The van der Waals surface area contributed by atoms with Crippen LogP contribution in [0.15, 0.2) is 12.1 Å². The van der Waals surface area contributed by atoms with Crippen molar-refractivity contribution in [1.29, 1.82) is 0 Å². The third kappa shape index (κ3) is 3.45. The topological polar surface area (TPSA) is 38.5 Å². The Morgan fingerprint density at radius 3 is 2.58 bits per heavy atom. The maximum atomic E-state index is 13.6. The number of likely N-dealkylation sites (tertiary alicyclic amines) is 1. The zero-order chi connectivity index (χ0) is 14.0. The van der Waals surface area contributed by atoms with Crippen LogP contribution in [0.2, 0.25) is 0 Å². The van der Waals surface area contributed by atoms with Gasteiger partial charge >= 0.3 is 0 Å². The Morgan fingerprint density at radius 1 is 1.37 bits per heavy atom. The first kappa shape index (κ1) is 14.3. The van der Waals surface area contributed by atoms with Crippen molar-refractivity contribution in [3.63, 3.8) is 0 Å². The molecular formula is C15H23FN2O. The van der Waals surface area contributed by atoms with Crippen LogP contribution >= 0.6 is 0 Å². The molecule has 1 saturated heterocycles. The minimum atomic E-state index is -0.226. The number of hydrogen-bond acceptors (Lipinski definition) is 3. The lowest BCUT2D eigenvalue weighted by atomic mass is 10.0. The number of nitrogens with zero attached hydrogens (tertiary/aromatic N) is 1. The van der Waals surface area contributed by atoms with Gasteiger partial charge in [-0.05, 0) is 51.4 Å². The van der Waals surface area contributed by atoms with Crippen molar-refractivity contribution in [2.45, 2.75) is 38.8 Å². The Bertz CT molecular complexity index is 440. The SMILES string of the molecule is Cc1cc(OC2CCN(C)CC2)c([C@@H](C)N)cc1F. The monoisotopic (exact) mass is 266 g/mol. The summed E-state index contributed by atoms with van der Waals surface area (Å²) in [6.07, 6.45) is 2.22. The predicted octanol–water partition coefficient (Wildman–Crippen LogP) is 2.63. The molecule has 0 amide bonds. The molecule has 19 heavy (non-hydrogen) atoms. The van der Waals surface area contributed by atoms with Crippen LogP contribution in [0.1, 0.15) is 36.9 Å². The number of aryl methyl sites for hydroxylation is 1. The maximum absolute atomic E-state index is 13.6. The normalized spacial score (nSPS) is 19.4. The van der Waals surface area contributed by atoms with Crippen LogP contribution in [0, 0.1) is 12.7 Å². The molecule has 1 aliphatic rings. The molecule has 0 aliphatic carbocycles. The van der Waals surface area contributed by atoms with Gasteiger partial charge in [-0.2, -0.15) is 0 Å². The van der Waals surface area contributed by atoms with E-state index in [0.717, 1.165) is 37.2 Å². The second-order valence-corrected chi connectivity index (χ2v) is 5.55. The Balaban J connectivity index is 2.17. The zero-order valence-corrected chi connectivity index (χ0v) is 11.9. The van der Waals surface area contributed by atoms with Gasteiger partial charge in [-0.3, -0.25) is 0 Å². The number of piperidine rings is 1. The second-order valence-electron chi connectivity index (χ2n) is 5.55. The number of halogens is 1. The first-order chi connectivity index (χ1) is 8.97. The molecule has 1 fully saturated rings. The molecule has 1 aromatic rings. The van der Waals surface area contributed by atoms with Crippen molar-refractivity contribution in [1.82, 2.24) is 4.90 Å². The first-order valence-corrected chi connectivity index (χ1v) is 6.88. The molecule has 0 bridgehead atoms. The van der Waals surface area contributed by atoms with Gasteiger partial charge in [-0.1, -0.05) is 0 Å². The van der Waals surface area contributed by atoms with E-state index >= 15 is 0 Å². The van der Waals surface area contributed by atoms with Crippen molar-refractivity contribution < 1.29 is 9.13 Å². The van der Waals surface area contributed by atoms with Gasteiger partial charge in [0.1, 0.15) is 17.7 Å². The fourth-order valence-corrected chi connectivity index (χ4v) is 2.41. The van der Waals surface area contributed by atoms with Gasteiger partial charge in [-0.15, -0.1) is 0 Å². The third-order valence-electron chi connectivity index (χ3n) is 3.74. The summed E-state index contributed by atoms with van der Waals surface area (Å²) in [5.41, 5.74) is 7.26. The quantitative estimate of drug-likeness (QED) is 0.914. The Labute approximate surface area is 114 Å². The van der Waals surface area contributed by atoms with E-state index in [-0.39, 0.29) is 18.0 Å². The van der Waals surface area contributed by atoms with E-state index in [1.807, 2.05) is 6.92 Å². The molecule has 0 spiro atoms. The van der Waals surface area contributed by atoms with E-state index in [1.54, 1.807) is 13.0 Å². The highest BCUT2D eigenvalue weighted by molar-refractivity contribution is 5.40. The Kier molecular flexibility index (Phi) is 4.42. The molecule has 0 radical (unpaired) electrons. The standard InChI is InChI=1S/C15H23FN2O/c1-10-8-15(13(11(2)17)9-14(10)16)19-12-4-6-18(3)7-5-12/h8-9,11-12H,4-7,17H2,1-3H3/t11-/m1/s1. The molecule has 4 heteroatoms.